The van der Waals surface area contributed by atoms with Gasteiger partial charge in [0.05, 0.1) is 0 Å². The van der Waals surface area contributed by atoms with Gasteiger partial charge in [-0.15, -0.1) is 0 Å². The van der Waals surface area contributed by atoms with Gasteiger partial charge < -0.3 is 14.4 Å². The van der Waals surface area contributed by atoms with Gasteiger partial charge >= 0.3 is 0 Å². The van der Waals surface area contributed by atoms with Crippen LogP contribution in [0.5, 0.6) is 0 Å². The molecule has 4 nitrogen and oxygen atoms in total. The molecule has 0 atom stereocenters. The first-order chi connectivity index (χ1) is 10.1. The van der Waals surface area contributed by atoms with E-state index in [-0.39, 0.29) is 5.91 Å². The van der Waals surface area contributed by atoms with Crippen LogP contribution in [0.15, 0.2) is 16.7 Å². The van der Waals surface area contributed by atoms with Crippen molar-refractivity contribution < 1.29 is 4.79 Å². The maximum Gasteiger partial charge on any atom is 0.270 e. The molecular formula is C16H28BrN3O. The van der Waals surface area contributed by atoms with Crippen molar-refractivity contribution in [3.05, 3.63) is 22.4 Å². The maximum absolute atomic E-state index is 12.7. The maximum atomic E-state index is 12.7. The fourth-order valence-electron chi connectivity index (χ4n) is 2.51. The van der Waals surface area contributed by atoms with E-state index < -0.39 is 0 Å². The molecule has 0 unspecified atom stereocenters. The largest absolute Gasteiger partial charge is 0.343 e. The third-order valence-corrected chi connectivity index (χ3v) is 4.32. The Hall–Kier alpha value is -0.810. The number of carbonyl (C=O) groups excluding carboxylic acids is 1. The Balaban J connectivity index is 2.64. The van der Waals surface area contributed by atoms with E-state index in [4.69, 9.17) is 0 Å². The highest BCUT2D eigenvalue weighted by Crippen LogP contribution is 2.17. The Labute approximate surface area is 137 Å². The van der Waals surface area contributed by atoms with Gasteiger partial charge in [-0.3, -0.25) is 4.79 Å². The summed E-state index contributed by atoms with van der Waals surface area (Å²) >= 11 is 3.46. The summed E-state index contributed by atoms with van der Waals surface area (Å²) in [4.78, 5) is 17.0. The Kier molecular flexibility index (Phi) is 8.04. The minimum atomic E-state index is 0.129. The number of hydrogen-bond acceptors (Lipinski definition) is 2. The van der Waals surface area contributed by atoms with Crippen LogP contribution < -0.4 is 0 Å². The number of rotatable bonds is 9. The molecule has 0 aromatic carbocycles. The zero-order valence-electron chi connectivity index (χ0n) is 13.7. The number of halogens is 1. The van der Waals surface area contributed by atoms with Crippen LogP contribution in [0.4, 0.5) is 0 Å². The standard InChI is InChI=1S/C16H28BrN3O/c1-5-18(6-2)10-9-11-19(7-3)16(21)15-12-14(17)13-20(15)8-4/h12-13H,5-11H2,1-4H3. The van der Waals surface area contributed by atoms with E-state index in [0.29, 0.717) is 0 Å². The second kappa shape index (κ2) is 9.26. The lowest BCUT2D eigenvalue weighted by molar-refractivity contribution is 0.0746. The van der Waals surface area contributed by atoms with Crippen LogP contribution >= 0.6 is 15.9 Å². The summed E-state index contributed by atoms with van der Waals surface area (Å²) in [6.07, 6.45) is 2.99. The van der Waals surface area contributed by atoms with Crippen LogP contribution in [-0.4, -0.2) is 53.0 Å². The number of aryl methyl sites for hydroxylation is 1. The van der Waals surface area contributed by atoms with E-state index in [9.17, 15) is 4.79 Å². The van der Waals surface area contributed by atoms with E-state index in [1.807, 2.05) is 28.7 Å². The normalized spacial score (nSPS) is 11.1. The molecule has 0 saturated heterocycles. The first-order valence-electron chi connectivity index (χ1n) is 7.94. The van der Waals surface area contributed by atoms with Crippen LogP contribution in [-0.2, 0) is 6.54 Å². The molecular weight excluding hydrogens is 330 g/mol. The molecule has 1 aromatic heterocycles. The molecule has 1 rings (SSSR count). The monoisotopic (exact) mass is 357 g/mol. The fourth-order valence-corrected chi connectivity index (χ4v) is 2.97. The Morgan fingerprint density at radius 1 is 1.14 bits per heavy atom. The summed E-state index contributed by atoms with van der Waals surface area (Å²) in [5.41, 5.74) is 0.772. The summed E-state index contributed by atoms with van der Waals surface area (Å²) < 4.78 is 2.96. The van der Waals surface area contributed by atoms with E-state index in [1.165, 1.54) is 0 Å². The van der Waals surface area contributed by atoms with Crippen LogP contribution in [0, 0.1) is 0 Å². The zero-order chi connectivity index (χ0) is 15.8. The number of aromatic nitrogens is 1. The first kappa shape index (κ1) is 18.2. The molecule has 21 heavy (non-hydrogen) atoms. The third-order valence-electron chi connectivity index (χ3n) is 3.89. The van der Waals surface area contributed by atoms with E-state index in [0.717, 1.165) is 55.9 Å². The average molecular weight is 358 g/mol. The molecule has 0 saturated carbocycles. The van der Waals surface area contributed by atoms with Gasteiger partial charge in [0.25, 0.3) is 5.91 Å². The fraction of sp³-hybridized carbons (Fsp3) is 0.688. The molecule has 1 aromatic rings. The predicted molar refractivity (Wildman–Crippen MR) is 91.8 cm³/mol. The SMILES string of the molecule is CCN(CC)CCCN(CC)C(=O)c1cc(Br)cn1CC. The van der Waals surface area contributed by atoms with Gasteiger partial charge in [0.1, 0.15) is 5.69 Å². The van der Waals surface area contributed by atoms with Crippen LogP contribution in [0.1, 0.15) is 44.6 Å². The smallest absolute Gasteiger partial charge is 0.270 e. The van der Waals surface area contributed by atoms with Crippen LogP contribution in [0.3, 0.4) is 0 Å². The van der Waals surface area contributed by atoms with Gasteiger partial charge in [-0.2, -0.15) is 0 Å². The molecule has 0 radical (unpaired) electrons. The van der Waals surface area contributed by atoms with Crippen molar-refractivity contribution in [3.8, 4) is 0 Å². The van der Waals surface area contributed by atoms with Gasteiger partial charge in [-0.1, -0.05) is 13.8 Å². The molecule has 5 heteroatoms. The molecule has 0 bridgehead atoms. The second-order valence-corrected chi connectivity index (χ2v) is 6.01. The molecule has 1 amide bonds. The third kappa shape index (κ3) is 5.15. The highest BCUT2D eigenvalue weighted by Gasteiger charge is 2.18. The zero-order valence-corrected chi connectivity index (χ0v) is 15.3. The van der Waals surface area contributed by atoms with Crippen molar-refractivity contribution in [3.63, 3.8) is 0 Å². The van der Waals surface area contributed by atoms with Crippen molar-refractivity contribution in [1.82, 2.24) is 14.4 Å². The van der Waals surface area contributed by atoms with Crippen molar-refractivity contribution in [2.45, 2.75) is 40.7 Å². The minimum absolute atomic E-state index is 0.129. The lowest BCUT2D eigenvalue weighted by Gasteiger charge is -2.24. The molecule has 0 fully saturated rings. The number of carbonyl (C=O) groups is 1. The second-order valence-electron chi connectivity index (χ2n) is 5.09. The predicted octanol–water partition coefficient (Wildman–Crippen LogP) is 3.46. The minimum Gasteiger partial charge on any atom is -0.343 e. The van der Waals surface area contributed by atoms with Gasteiger partial charge in [0.2, 0.25) is 0 Å². The summed E-state index contributed by atoms with van der Waals surface area (Å²) in [5, 5.41) is 0. The summed E-state index contributed by atoms with van der Waals surface area (Å²) in [5.74, 6) is 0.129. The van der Waals surface area contributed by atoms with Gasteiger partial charge in [0.15, 0.2) is 0 Å². The molecule has 0 aliphatic carbocycles. The summed E-state index contributed by atoms with van der Waals surface area (Å²) in [6, 6.07) is 1.92. The highest BCUT2D eigenvalue weighted by molar-refractivity contribution is 9.10. The highest BCUT2D eigenvalue weighted by atomic mass is 79.9. The van der Waals surface area contributed by atoms with Crippen LogP contribution in [0.2, 0.25) is 0 Å². The Morgan fingerprint density at radius 2 is 1.81 bits per heavy atom. The van der Waals surface area contributed by atoms with Crippen molar-refractivity contribution in [2.75, 3.05) is 32.7 Å². The van der Waals surface area contributed by atoms with Crippen molar-refractivity contribution in [2.24, 2.45) is 0 Å². The first-order valence-corrected chi connectivity index (χ1v) is 8.73. The summed E-state index contributed by atoms with van der Waals surface area (Å²) in [7, 11) is 0. The molecule has 1 heterocycles. The lowest BCUT2D eigenvalue weighted by Crippen LogP contribution is -2.35. The van der Waals surface area contributed by atoms with E-state index in [1.54, 1.807) is 0 Å². The average Bonchev–Trinajstić information content (AvgIpc) is 2.88. The molecule has 120 valence electrons. The molecule has 0 aliphatic heterocycles. The molecule has 0 N–H and O–H groups in total. The van der Waals surface area contributed by atoms with Crippen molar-refractivity contribution >= 4 is 21.8 Å². The lowest BCUT2D eigenvalue weighted by atomic mass is 10.3. The topological polar surface area (TPSA) is 28.5 Å². The van der Waals surface area contributed by atoms with E-state index >= 15 is 0 Å². The molecule has 0 aliphatic rings. The number of amides is 1. The van der Waals surface area contributed by atoms with E-state index in [2.05, 4.69) is 41.6 Å². The number of nitrogens with zero attached hydrogens (tertiary/aromatic N) is 3. The van der Waals surface area contributed by atoms with Gasteiger partial charge in [-0.25, -0.2) is 0 Å². The van der Waals surface area contributed by atoms with Crippen LogP contribution in [0.25, 0.3) is 0 Å². The van der Waals surface area contributed by atoms with Gasteiger partial charge in [-0.05, 0) is 61.9 Å². The molecule has 0 spiro atoms. The Morgan fingerprint density at radius 3 is 2.33 bits per heavy atom. The van der Waals surface area contributed by atoms with Gasteiger partial charge in [0, 0.05) is 30.3 Å². The summed E-state index contributed by atoms with van der Waals surface area (Å²) in [6.45, 7) is 14.0. The quantitative estimate of drug-likeness (QED) is 0.676. The van der Waals surface area contributed by atoms with Crippen molar-refractivity contribution in [1.29, 1.82) is 0 Å². The Bertz CT molecular complexity index is 441. The number of hydrogen-bond donors (Lipinski definition) is 0.